The smallest absolute Gasteiger partial charge is 0.224 e. The lowest BCUT2D eigenvalue weighted by Crippen LogP contribution is -2.15. The number of carbonyl (C=O) groups is 1. The predicted octanol–water partition coefficient (Wildman–Crippen LogP) is 4.34. The van der Waals surface area contributed by atoms with Gasteiger partial charge in [0.15, 0.2) is 11.5 Å². The number of aryl methyl sites for hydroxylation is 1. The van der Waals surface area contributed by atoms with Gasteiger partial charge in [0, 0.05) is 12.1 Å². The Kier molecular flexibility index (Phi) is 4.94. The van der Waals surface area contributed by atoms with Crippen molar-refractivity contribution in [2.24, 2.45) is 0 Å². The minimum Gasteiger partial charge on any atom is -0.486 e. The molecule has 0 saturated heterocycles. The summed E-state index contributed by atoms with van der Waals surface area (Å²) in [5.41, 5.74) is 1.66. The van der Waals surface area contributed by atoms with Gasteiger partial charge in [-0.05, 0) is 42.3 Å². The number of carbonyl (C=O) groups excluding carboxylic acids is 1. The lowest BCUT2D eigenvalue weighted by molar-refractivity contribution is -0.116. The van der Waals surface area contributed by atoms with Crippen LogP contribution in [0, 0.1) is 0 Å². The normalized spacial score (nSPS) is 12.8. The number of hydrogen-bond donors (Lipinski definition) is 1. The molecule has 3 rings (SSSR count). The molecule has 0 fully saturated rings. The second kappa shape index (κ2) is 7.11. The first-order chi connectivity index (χ1) is 11.1. The number of rotatable bonds is 4. The molecule has 1 N–H and O–H groups in total. The highest BCUT2D eigenvalue weighted by atomic mass is 35.5. The number of hydrogen-bond acceptors (Lipinski definition) is 3. The molecule has 0 aliphatic carbocycles. The molecule has 1 heterocycles. The van der Waals surface area contributed by atoms with Gasteiger partial charge in [0.05, 0.1) is 10.0 Å². The standard InChI is InChI=1S/C17H15Cl2NO3/c18-13-4-3-12(10-14(13)19)20-17(21)6-2-11-1-5-15-16(9-11)23-8-7-22-15/h1,3-5,9-10H,2,6-8H2,(H,20,21). The van der Waals surface area contributed by atoms with E-state index in [4.69, 9.17) is 32.7 Å². The summed E-state index contributed by atoms with van der Waals surface area (Å²) in [7, 11) is 0. The first-order valence-corrected chi connectivity index (χ1v) is 8.01. The molecule has 23 heavy (non-hydrogen) atoms. The fraction of sp³-hybridized carbons (Fsp3) is 0.235. The van der Waals surface area contributed by atoms with E-state index in [-0.39, 0.29) is 5.91 Å². The average Bonchev–Trinajstić information content (AvgIpc) is 2.56. The third-order valence-corrected chi connectivity index (χ3v) is 4.19. The van der Waals surface area contributed by atoms with E-state index in [0.29, 0.717) is 41.8 Å². The summed E-state index contributed by atoms with van der Waals surface area (Å²) >= 11 is 11.8. The van der Waals surface area contributed by atoms with E-state index in [2.05, 4.69) is 5.32 Å². The molecule has 0 unspecified atom stereocenters. The number of ether oxygens (including phenoxy) is 2. The summed E-state index contributed by atoms with van der Waals surface area (Å²) in [5, 5.41) is 3.68. The second-order valence-electron chi connectivity index (χ2n) is 5.16. The Morgan fingerprint density at radius 2 is 1.78 bits per heavy atom. The van der Waals surface area contributed by atoms with Crippen molar-refractivity contribution in [1.29, 1.82) is 0 Å². The van der Waals surface area contributed by atoms with Gasteiger partial charge in [-0.3, -0.25) is 4.79 Å². The fourth-order valence-corrected chi connectivity index (χ4v) is 2.60. The summed E-state index contributed by atoms with van der Waals surface area (Å²) in [4.78, 5) is 12.0. The number of amides is 1. The molecule has 2 aromatic carbocycles. The van der Waals surface area contributed by atoms with Crippen molar-refractivity contribution in [3.63, 3.8) is 0 Å². The van der Waals surface area contributed by atoms with E-state index in [9.17, 15) is 4.79 Å². The average molecular weight is 352 g/mol. The summed E-state index contributed by atoms with van der Waals surface area (Å²) in [5.74, 6) is 1.40. The highest BCUT2D eigenvalue weighted by molar-refractivity contribution is 6.42. The lowest BCUT2D eigenvalue weighted by Gasteiger charge is -2.18. The monoisotopic (exact) mass is 351 g/mol. The molecule has 0 spiro atoms. The van der Waals surface area contributed by atoms with Gasteiger partial charge in [-0.1, -0.05) is 29.3 Å². The number of halogens is 2. The summed E-state index contributed by atoms with van der Waals surface area (Å²) in [6.07, 6.45) is 0.976. The molecule has 0 aromatic heterocycles. The maximum absolute atomic E-state index is 12.0. The van der Waals surface area contributed by atoms with Gasteiger partial charge in [-0.15, -0.1) is 0 Å². The maximum Gasteiger partial charge on any atom is 0.224 e. The van der Waals surface area contributed by atoms with Crippen molar-refractivity contribution >= 4 is 34.8 Å². The zero-order chi connectivity index (χ0) is 16.2. The molecule has 1 aliphatic heterocycles. The molecule has 4 nitrogen and oxygen atoms in total. The van der Waals surface area contributed by atoms with Crippen LogP contribution in [-0.2, 0) is 11.2 Å². The molecular formula is C17H15Cl2NO3. The van der Waals surface area contributed by atoms with Crippen LogP contribution in [0.15, 0.2) is 36.4 Å². The molecule has 0 saturated carbocycles. The van der Waals surface area contributed by atoms with Crippen LogP contribution >= 0.6 is 23.2 Å². The van der Waals surface area contributed by atoms with Crippen LogP contribution in [0.2, 0.25) is 10.0 Å². The molecule has 1 amide bonds. The Morgan fingerprint density at radius 1 is 1.00 bits per heavy atom. The van der Waals surface area contributed by atoms with Crippen LogP contribution in [0.4, 0.5) is 5.69 Å². The second-order valence-corrected chi connectivity index (χ2v) is 5.97. The highest BCUT2D eigenvalue weighted by Crippen LogP contribution is 2.31. The zero-order valence-corrected chi connectivity index (χ0v) is 13.8. The molecule has 1 aliphatic rings. The molecule has 6 heteroatoms. The van der Waals surface area contributed by atoms with Crippen molar-refractivity contribution in [2.75, 3.05) is 18.5 Å². The first-order valence-electron chi connectivity index (χ1n) is 7.25. The van der Waals surface area contributed by atoms with Gasteiger partial charge < -0.3 is 14.8 Å². The fourth-order valence-electron chi connectivity index (χ4n) is 2.30. The van der Waals surface area contributed by atoms with E-state index >= 15 is 0 Å². The Hall–Kier alpha value is -1.91. The summed E-state index contributed by atoms with van der Waals surface area (Å²) < 4.78 is 11.0. The number of benzene rings is 2. The summed E-state index contributed by atoms with van der Waals surface area (Å²) in [6.45, 7) is 1.12. The zero-order valence-electron chi connectivity index (χ0n) is 12.3. The van der Waals surface area contributed by atoms with Crippen LogP contribution in [0.1, 0.15) is 12.0 Å². The molecule has 120 valence electrons. The van der Waals surface area contributed by atoms with E-state index in [1.54, 1.807) is 18.2 Å². The van der Waals surface area contributed by atoms with Gasteiger partial charge >= 0.3 is 0 Å². The Bertz CT molecular complexity index is 734. The van der Waals surface area contributed by atoms with Gasteiger partial charge in [0.25, 0.3) is 0 Å². The lowest BCUT2D eigenvalue weighted by atomic mass is 10.1. The van der Waals surface area contributed by atoms with Crippen molar-refractivity contribution in [1.82, 2.24) is 0 Å². The molecule has 2 aromatic rings. The molecule has 0 atom stereocenters. The van der Waals surface area contributed by atoms with Crippen molar-refractivity contribution in [3.05, 3.63) is 52.0 Å². The van der Waals surface area contributed by atoms with E-state index < -0.39 is 0 Å². The van der Waals surface area contributed by atoms with Crippen LogP contribution in [0.25, 0.3) is 0 Å². The van der Waals surface area contributed by atoms with Crippen molar-refractivity contribution < 1.29 is 14.3 Å². The van der Waals surface area contributed by atoms with Crippen LogP contribution in [0.5, 0.6) is 11.5 Å². The minimum absolute atomic E-state index is 0.0849. The molecule has 0 radical (unpaired) electrons. The SMILES string of the molecule is O=C(CCc1ccc2c(c1)OCCO2)Nc1ccc(Cl)c(Cl)c1. The van der Waals surface area contributed by atoms with E-state index in [0.717, 1.165) is 17.1 Å². The molecule has 0 bridgehead atoms. The number of nitrogens with one attached hydrogen (secondary N) is 1. The topological polar surface area (TPSA) is 47.6 Å². The molecular weight excluding hydrogens is 337 g/mol. The van der Waals surface area contributed by atoms with Gasteiger partial charge in [-0.2, -0.15) is 0 Å². The van der Waals surface area contributed by atoms with Gasteiger partial charge in [0.2, 0.25) is 5.91 Å². The van der Waals surface area contributed by atoms with E-state index in [1.165, 1.54) is 0 Å². The van der Waals surface area contributed by atoms with Crippen LogP contribution in [0.3, 0.4) is 0 Å². The summed E-state index contributed by atoms with van der Waals surface area (Å²) in [6, 6.07) is 10.7. The van der Waals surface area contributed by atoms with E-state index in [1.807, 2.05) is 18.2 Å². The first kappa shape index (κ1) is 16.0. The van der Waals surface area contributed by atoms with Crippen molar-refractivity contribution in [3.8, 4) is 11.5 Å². The Labute approximate surface area is 144 Å². The third kappa shape index (κ3) is 4.09. The Morgan fingerprint density at radius 3 is 2.57 bits per heavy atom. The van der Waals surface area contributed by atoms with Crippen molar-refractivity contribution in [2.45, 2.75) is 12.8 Å². The maximum atomic E-state index is 12.0. The number of fused-ring (bicyclic) bond motifs is 1. The third-order valence-electron chi connectivity index (χ3n) is 3.45. The minimum atomic E-state index is -0.0849. The van der Waals surface area contributed by atoms with Gasteiger partial charge in [0.1, 0.15) is 13.2 Å². The van der Waals surface area contributed by atoms with Gasteiger partial charge in [-0.25, -0.2) is 0 Å². The number of anilines is 1. The highest BCUT2D eigenvalue weighted by Gasteiger charge is 2.12. The van der Waals surface area contributed by atoms with Crippen LogP contribution in [-0.4, -0.2) is 19.1 Å². The largest absolute Gasteiger partial charge is 0.486 e. The quantitative estimate of drug-likeness (QED) is 0.891. The predicted molar refractivity (Wildman–Crippen MR) is 90.8 cm³/mol. The van der Waals surface area contributed by atoms with Crippen LogP contribution < -0.4 is 14.8 Å². The Balaban J connectivity index is 1.57.